The van der Waals surface area contributed by atoms with E-state index >= 15 is 0 Å². The number of fused-ring (bicyclic) bond motifs is 10. The summed E-state index contributed by atoms with van der Waals surface area (Å²) in [6.07, 6.45) is 4.09. The Morgan fingerprint density at radius 3 is 2.73 bits per heavy atom. The maximum absolute atomic E-state index is 7.23. The summed E-state index contributed by atoms with van der Waals surface area (Å²) in [5.41, 5.74) is 10.2. The first kappa shape index (κ1) is 32.4. The van der Waals surface area contributed by atoms with Gasteiger partial charge in [0, 0.05) is 86.1 Å². The zero-order valence-corrected chi connectivity index (χ0v) is 30.6. The molecular formula is C39H40ClN5O2S2. The molecule has 3 aromatic carbocycles. The molecule has 0 spiro atoms. The fourth-order valence-electron chi connectivity index (χ4n) is 7.52. The number of aromatic nitrogens is 5. The van der Waals surface area contributed by atoms with E-state index in [0.29, 0.717) is 12.4 Å². The number of methoxy groups -OCH3 is 1. The van der Waals surface area contributed by atoms with Crippen molar-refractivity contribution in [2.24, 2.45) is 7.05 Å². The van der Waals surface area contributed by atoms with Gasteiger partial charge in [-0.3, -0.25) is 9.36 Å². The van der Waals surface area contributed by atoms with Gasteiger partial charge in [-0.05, 0) is 73.9 Å². The predicted octanol–water partition coefficient (Wildman–Crippen LogP) is 9.81. The number of hydrogen-bond donors (Lipinski definition) is 0. The highest BCUT2D eigenvalue weighted by molar-refractivity contribution is 7.98. The highest BCUT2D eigenvalue weighted by atomic mass is 35.5. The van der Waals surface area contributed by atoms with Crippen LogP contribution in [0.2, 0.25) is 5.02 Å². The van der Waals surface area contributed by atoms with Gasteiger partial charge in [-0.2, -0.15) is 10.2 Å². The maximum atomic E-state index is 7.23. The molecule has 252 valence electrons. The Hall–Kier alpha value is -3.79. The lowest BCUT2D eigenvalue weighted by molar-refractivity contribution is 0.304. The van der Waals surface area contributed by atoms with Gasteiger partial charge in [-0.1, -0.05) is 42.4 Å². The number of nitrogens with zero attached hydrogens (tertiary/aromatic N) is 5. The van der Waals surface area contributed by atoms with Crippen LogP contribution in [-0.2, 0) is 48.6 Å². The van der Waals surface area contributed by atoms with Gasteiger partial charge < -0.3 is 14.0 Å². The van der Waals surface area contributed by atoms with Gasteiger partial charge in [0.2, 0.25) is 0 Å². The lowest BCUT2D eigenvalue weighted by Gasteiger charge is -2.16. The molecule has 7 nitrogen and oxygen atoms in total. The summed E-state index contributed by atoms with van der Waals surface area (Å²) < 4.78 is 19.0. The summed E-state index contributed by atoms with van der Waals surface area (Å²) in [5.74, 6) is 3.96. The zero-order chi connectivity index (χ0) is 33.6. The third kappa shape index (κ3) is 5.93. The molecule has 0 unspecified atom stereocenters. The Morgan fingerprint density at radius 1 is 0.980 bits per heavy atom. The fourth-order valence-corrected chi connectivity index (χ4v) is 9.61. The minimum absolute atomic E-state index is 0.569. The Morgan fingerprint density at radius 2 is 1.86 bits per heavy atom. The molecule has 2 aliphatic rings. The number of rotatable bonds is 2. The van der Waals surface area contributed by atoms with Crippen LogP contribution in [-0.4, -0.2) is 37.8 Å². The van der Waals surface area contributed by atoms with Crippen molar-refractivity contribution in [1.82, 2.24) is 24.1 Å². The molecule has 0 saturated carbocycles. The van der Waals surface area contributed by atoms with Crippen molar-refractivity contribution in [3.8, 4) is 16.9 Å². The van der Waals surface area contributed by atoms with Gasteiger partial charge in [0.15, 0.2) is 0 Å². The summed E-state index contributed by atoms with van der Waals surface area (Å²) >= 11 is 10.9. The van der Waals surface area contributed by atoms with Gasteiger partial charge in [-0.15, -0.1) is 23.5 Å². The molecular weight excluding hydrogens is 670 g/mol. The summed E-state index contributed by atoms with van der Waals surface area (Å²) in [6.45, 7) is 8.75. The van der Waals surface area contributed by atoms with E-state index < -0.39 is 0 Å². The zero-order valence-electron chi connectivity index (χ0n) is 28.2. The summed E-state index contributed by atoms with van der Waals surface area (Å²) in [6, 6.07) is 19.4. The molecule has 0 aliphatic carbocycles. The Kier molecular flexibility index (Phi) is 8.93. The second-order valence-electron chi connectivity index (χ2n) is 12.9. The van der Waals surface area contributed by atoms with Crippen molar-refractivity contribution in [3.05, 3.63) is 100 Å². The fraction of sp³-hybridized carbons (Fsp3) is 0.333. The molecule has 8 rings (SSSR count). The maximum Gasteiger partial charge on any atom is 0.135 e. The second kappa shape index (κ2) is 13.5. The van der Waals surface area contributed by atoms with Crippen LogP contribution >= 0.6 is 35.1 Å². The first-order chi connectivity index (χ1) is 23.9. The summed E-state index contributed by atoms with van der Waals surface area (Å²) in [5, 5.41) is 14.3. The topological polar surface area (TPSA) is 59.0 Å². The van der Waals surface area contributed by atoms with E-state index in [4.69, 9.17) is 31.3 Å². The average molecular weight is 710 g/mol. The van der Waals surface area contributed by atoms with Crippen molar-refractivity contribution in [2.75, 3.05) is 13.7 Å². The van der Waals surface area contributed by atoms with Crippen LogP contribution in [0.3, 0.4) is 0 Å². The molecule has 49 heavy (non-hydrogen) atoms. The van der Waals surface area contributed by atoms with Crippen molar-refractivity contribution in [2.45, 2.75) is 67.9 Å². The molecule has 0 radical (unpaired) electrons. The highest BCUT2D eigenvalue weighted by Gasteiger charge is 2.28. The third-order valence-corrected chi connectivity index (χ3v) is 12.1. The van der Waals surface area contributed by atoms with Crippen LogP contribution in [0.4, 0.5) is 0 Å². The van der Waals surface area contributed by atoms with Crippen molar-refractivity contribution in [3.63, 3.8) is 0 Å². The van der Waals surface area contributed by atoms with Crippen LogP contribution in [0.15, 0.2) is 66.1 Å². The van der Waals surface area contributed by atoms with E-state index in [1.54, 1.807) is 7.11 Å². The molecule has 0 saturated heterocycles. The normalized spacial score (nSPS) is 15.4. The van der Waals surface area contributed by atoms with E-state index in [0.717, 1.165) is 111 Å². The molecule has 6 aromatic rings. The second-order valence-corrected chi connectivity index (χ2v) is 15.3. The van der Waals surface area contributed by atoms with Crippen LogP contribution in [0.25, 0.3) is 38.6 Å². The van der Waals surface area contributed by atoms with Gasteiger partial charge in [-0.25, -0.2) is 0 Å². The number of ether oxygens (including phenoxy) is 2. The van der Waals surface area contributed by atoms with Crippen molar-refractivity contribution < 1.29 is 9.47 Å². The lowest BCUT2D eigenvalue weighted by atomic mass is 9.94. The van der Waals surface area contributed by atoms with E-state index in [2.05, 4.69) is 77.3 Å². The average Bonchev–Trinajstić information content (AvgIpc) is 3.75. The largest absolute Gasteiger partial charge is 0.495 e. The number of hydrogen-bond acceptors (Lipinski definition) is 6. The molecule has 0 amide bonds. The van der Waals surface area contributed by atoms with Crippen molar-refractivity contribution >= 4 is 62.6 Å². The number of benzene rings is 3. The van der Waals surface area contributed by atoms with Crippen LogP contribution in [0, 0.1) is 6.92 Å². The SMILES string of the molecule is C=C(OC)c1c(C)c2c3c(Cl)ccc2n1CCCOc1cc(cc2ccccc12)SCc1cc(nn1C)CSCc1nn2c(c1-3)CCCC2. The first-order valence-electron chi connectivity index (χ1n) is 16.9. The van der Waals surface area contributed by atoms with Crippen molar-refractivity contribution in [1.29, 1.82) is 0 Å². The molecule has 0 fully saturated rings. The molecule has 3 aromatic heterocycles. The minimum Gasteiger partial charge on any atom is -0.495 e. The van der Waals surface area contributed by atoms with Gasteiger partial charge in [0.05, 0.1) is 30.8 Å². The molecule has 10 heteroatoms. The Labute approximate surface area is 300 Å². The molecule has 5 heterocycles. The van der Waals surface area contributed by atoms with Gasteiger partial charge in [0.25, 0.3) is 0 Å². The Bertz CT molecular complexity index is 2230. The number of halogens is 1. The smallest absolute Gasteiger partial charge is 0.135 e. The summed E-state index contributed by atoms with van der Waals surface area (Å²) in [4.78, 5) is 1.18. The lowest BCUT2D eigenvalue weighted by Crippen LogP contribution is -2.11. The molecule has 8 bridgehead atoms. The van der Waals surface area contributed by atoms with Crippen LogP contribution in [0.1, 0.15) is 53.3 Å². The monoisotopic (exact) mass is 709 g/mol. The Balaban J connectivity index is 1.27. The predicted molar refractivity (Wildman–Crippen MR) is 204 cm³/mol. The van der Waals surface area contributed by atoms with Gasteiger partial charge in [0.1, 0.15) is 11.5 Å². The number of aryl methyl sites for hydroxylation is 4. The third-order valence-electron chi connectivity index (χ3n) is 9.83. The van der Waals surface area contributed by atoms with E-state index in [9.17, 15) is 0 Å². The standard InChI is InChI=1S/C39H40ClN5O2S2/c1-24-36-33-14-13-31(40)37(36)38-32(42-45-16-8-7-12-34(38)45)23-48-21-27-19-28(43(3)41-27)22-49-29-18-26-10-5-6-11-30(26)35(20-29)47-17-9-15-44(33)39(24)25(2)46-4/h5-6,10-11,13-14,18-20H,2,7-9,12,15-17,21-23H2,1,3-4H3. The van der Waals surface area contributed by atoms with E-state index in [-0.39, 0.29) is 0 Å². The van der Waals surface area contributed by atoms with E-state index in [1.807, 2.05) is 35.3 Å². The van der Waals surface area contributed by atoms with E-state index in [1.165, 1.54) is 27.2 Å². The number of thioether (sulfide) groups is 2. The van der Waals surface area contributed by atoms with Gasteiger partial charge >= 0.3 is 0 Å². The van der Waals surface area contributed by atoms with Crippen LogP contribution < -0.4 is 4.74 Å². The minimum atomic E-state index is 0.569. The highest BCUT2D eigenvalue weighted by Crippen LogP contribution is 2.45. The quantitative estimate of drug-likeness (QED) is 0.167. The molecule has 0 N–H and O–H groups in total. The molecule has 0 atom stereocenters. The van der Waals surface area contributed by atoms with Crippen LogP contribution in [0.5, 0.6) is 5.75 Å². The molecule has 2 aliphatic heterocycles. The summed E-state index contributed by atoms with van der Waals surface area (Å²) in [7, 11) is 3.74. The first-order valence-corrected chi connectivity index (χ1v) is 19.4.